The van der Waals surface area contributed by atoms with Gasteiger partial charge >= 0.3 is 5.97 Å². The summed E-state index contributed by atoms with van der Waals surface area (Å²) in [5, 5.41) is 0. The number of carbonyl (C=O) groups is 1. The molecule has 2 nitrogen and oxygen atoms in total. The summed E-state index contributed by atoms with van der Waals surface area (Å²) >= 11 is 0. The number of carbonyl (C=O) groups excluding carboxylic acids is 1. The first kappa shape index (κ1) is 17.4. The minimum absolute atomic E-state index is 0.184. The number of hydrogen-bond acceptors (Lipinski definition) is 2. The lowest BCUT2D eigenvalue weighted by Crippen LogP contribution is -2.39. The van der Waals surface area contributed by atoms with Crippen molar-refractivity contribution < 1.29 is 9.22 Å². The molecule has 0 aliphatic rings. The zero-order chi connectivity index (χ0) is 15.9. The van der Waals surface area contributed by atoms with E-state index in [0.717, 1.165) is 23.7 Å². The maximum atomic E-state index is 12.5. The lowest BCUT2D eigenvalue weighted by atomic mass is 9.92. The largest absolute Gasteiger partial charge is 0.516 e. The van der Waals surface area contributed by atoms with Gasteiger partial charge in [0.2, 0.25) is 0 Å². The first-order valence-corrected chi connectivity index (χ1v) is 10.2. The average molecular weight is 302 g/mol. The molecular weight excluding hydrogens is 276 g/mol. The van der Waals surface area contributed by atoms with Crippen molar-refractivity contribution in [3.63, 3.8) is 0 Å². The maximum absolute atomic E-state index is 12.5. The third-order valence-electron chi connectivity index (χ3n) is 4.27. The van der Waals surface area contributed by atoms with Gasteiger partial charge in [-0.1, -0.05) is 63.8 Å². The lowest BCUT2D eigenvalue weighted by Gasteiger charge is -2.29. The van der Waals surface area contributed by atoms with E-state index in [1.165, 1.54) is 0 Å². The monoisotopic (exact) mass is 302 g/mol. The fraction of sp³-hybridized carbons (Fsp3) is 0.389. The number of rotatable bonds is 8. The van der Waals surface area contributed by atoms with Crippen molar-refractivity contribution in [3.8, 4) is 0 Å². The van der Waals surface area contributed by atoms with Crippen LogP contribution in [0, 0.1) is 0 Å². The quantitative estimate of drug-likeness (QED) is 0.381. The van der Waals surface area contributed by atoms with E-state index in [4.69, 9.17) is 4.43 Å². The number of benzene rings is 1. The van der Waals surface area contributed by atoms with Gasteiger partial charge in [-0.3, -0.25) is 0 Å². The molecule has 0 spiro atoms. The summed E-state index contributed by atoms with van der Waals surface area (Å²) in [7, 11) is -1.95. The summed E-state index contributed by atoms with van der Waals surface area (Å²) in [6.45, 7) is 14.1. The van der Waals surface area contributed by atoms with Crippen molar-refractivity contribution in [2.24, 2.45) is 0 Å². The highest BCUT2D eigenvalue weighted by atomic mass is 28.4. The van der Waals surface area contributed by atoms with Crippen LogP contribution in [0.1, 0.15) is 32.3 Å². The second-order valence-electron chi connectivity index (χ2n) is 5.28. The van der Waals surface area contributed by atoms with Crippen molar-refractivity contribution in [2.45, 2.75) is 44.8 Å². The van der Waals surface area contributed by atoms with E-state index in [1.807, 2.05) is 30.3 Å². The van der Waals surface area contributed by atoms with Crippen LogP contribution in [0.2, 0.25) is 18.1 Å². The van der Waals surface area contributed by atoms with Gasteiger partial charge in [0.05, 0.1) is 0 Å². The molecule has 114 valence electrons. The second-order valence-corrected chi connectivity index (χ2v) is 9.97. The Morgan fingerprint density at radius 2 is 1.71 bits per heavy atom. The molecule has 0 aliphatic carbocycles. The molecule has 0 fully saturated rings. The SMILES string of the molecule is C=CC(C(=C)C(=O)O[Si](CC)(CC)CC)c1ccccc1. The van der Waals surface area contributed by atoms with Gasteiger partial charge in [-0.15, -0.1) is 6.58 Å². The summed E-state index contributed by atoms with van der Waals surface area (Å²) < 4.78 is 5.90. The highest BCUT2D eigenvalue weighted by molar-refractivity contribution is 6.75. The van der Waals surface area contributed by atoms with Crippen LogP contribution in [0.5, 0.6) is 0 Å². The van der Waals surface area contributed by atoms with E-state index in [0.29, 0.717) is 5.57 Å². The predicted octanol–water partition coefficient (Wildman–Crippen LogP) is 5.06. The van der Waals surface area contributed by atoms with E-state index in [2.05, 4.69) is 33.9 Å². The van der Waals surface area contributed by atoms with Gasteiger partial charge in [0.15, 0.2) is 0 Å². The molecule has 0 bridgehead atoms. The Morgan fingerprint density at radius 3 is 2.14 bits per heavy atom. The number of hydrogen-bond donors (Lipinski definition) is 0. The normalized spacial score (nSPS) is 12.5. The van der Waals surface area contributed by atoms with Crippen molar-refractivity contribution in [3.05, 3.63) is 60.7 Å². The molecule has 0 saturated heterocycles. The Balaban J connectivity index is 2.91. The predicted molar refractivity (Wildman–Crippen MR) is 91.8 cm³/mol. The van der Waals surface area contributed by atoms with Gasteiger partial charge in [-0.05, 0) is 23.7 Å². The van der Waals surface area contributed by atoms with Gasteiger partial charge in [0, 0.05) is 11.5 Å². The highest BCUT2D eigenvalue weighted by Crippen LogP contribution is 2.28. The first-order chi connectivity index (χ1) is 10.0. The smallest absolute Gasteiger partial charge is 0.321 e. The summed E-state index contributed by atoms with van der Waals surface area (Å²) in [4.78, 5) is 12.5. The molecule has 0 N–H and O–H groups in total. The van der Waals surface area contributed by atoms with Gasteiger partial charge < -0.3 is 4.43 Å². The van der Waals surface area contributed by atoms with Gasteiger partial charge in [-0.25, -0.2) is 4.79 Å². The van der Waals surface area contributed by atoms with Crippen molar-refractivity contribution in [1.82, 2.24) is 0 Å². The van der Waals surface area contributed by atoms with E-state index in [1.54, 1.807) is 6.08 Å². The molecule has 0 saturated carbocycles. The molecule has 1 unspecified atom stereocenters. The van der Waals surface area contributed by atoms with Crippen molar-refractivity contribution >= 4 is 14.3 Å². The Labute approximate surface area is 129 Å². The average Bonchev–Trinajstić information content (AvgIpc) is 2.54. The van der Waals surface area contributed by atoms with Crippen molar-refractivity contribution in [1.29, 1.82) is 0 Å². The van der Waals surface area contributed by atoms with Crippen LogP contribution in [0.4, 0.5) is 0 Å². The fourth-order valence-electron chi connectivity index (χ4n) is 2.50. The molecule has 21 heavy (non-hydrogen) atoms. The molecule has 0 radical (unpaired) electrons. The Bertz CT molecular complexity index is 481. The minimum Gasteiger partial charge on any atom is -0.516 e. The van der Waals surface area contributed by atoms with E-state index in [-0.39, 0.29) is 11.9 Å². The maximum Gasteiger partial charge on any atom is 0.321 e. The summed E-state index contributed by atoms with van der Waals surface area (Å²) in [6.07, 6.45) is 1.76. The Hall–Kier alpha value is -1.61. The van der Waals surface area contributed by atoms with Crippen LogP contribution >= 0.6 is 0 Å². The molecule has 0 amide bonds. The first-order valence-electron chi connectivity index (χ1n) is 7.63. The molecular formula is C18H26O2Si. The molecule has 1 aromatic carbocycles. The molecule has 0 heterocycles. The van der Waals surface area contributed by atoms with E-state index >= 15 is 0 Å². The van der Waals surface area contributed by atoms with Crippen LogP contribution in [0.3, 0.4) is 0 Å². The standard InChI is InChI=1S/C18H26O2Si/c1-6-17(16-13-11-10-12-14-16)15(5)18(19)20-21(7-2,8-3)9-4/h6,10-14,17H,1,5,7-9H2,2-4H3. The third-order valence-corrected chi connectivity index (χ3v) is 8.76. The number of allylic oxidation sites excluding steroid dienone is 1. The molecule has 1 rings (SSSR count). The Kier molecular flexibility index (Phi) is 6.63. The van der Waals surface area contributed by atoms with Crippen LogP contribution < -0.4 is 0 Å². The Morgan fingerprint density at radius 1 is 1.19 bits per heavy atom. The topological polar surface area (TPSA) is 26.3 Å². The third kappa shape index (κ3) is 4.18. The van der Waals surface area contributed by atoms with E-state index in [9.17, 15) is 4.79 Å². The zero-order valence-corrected chi connectivity index (χ0v) is 14.4. The minimum atomic E-state index is -1.95. The zero-order valence-electron chi connectivity index (χ0n) is 13.4. The van der Waals surface area contributed by atoms with Crippen LogP contribution in [0.25, 0.3) is 0 Å². The summed E-state index contributed by atoms with van der Waals surface area (Å²) in [6, 6.07) is 12.7. The molecule has 0 aliphatic heterocycles. The molecule has 1 aromatic rings. The van der Waals surface area contributed by atoms with Crippen molar-refractivity contribution in [2.75, 3.05) is 0 Å². The van der Waals surface area contributed by atoms with Crippen LogP contribution in [0.15, 0.2) is 55.1 Å². The second kappa shape index (κ2) is 7.98. The molecule has 1 atom stereocenters. The van der Waals surface area contributed by atoms with Gasteiger partial charge in [-0.2, -0.15) is 0 Å². The highest BCUT2D eigenvalue weighted by Gasteiger charge is 2.34. The van der Waals surface area contributed by atoms with Gasteiger partial charge in [0.1, 0.15) is 0 Å². The summed E-state index contributed by atoms with van der Waals surface area (Å²) in [5.41, 5.74) is 1.50. The van der Waals surface area contributed by atoms with Gasteiger partial charge in [0.25, 0.3) is 8.32 Å². The van der Waals surface area contributed by atoms with E-state index < -0.39 is 8.32 Å². The summed E-state index contributed by atoms with van der Waals surface area (Å²) in [5.74, 6) is -0.447. The lowest BCUT2D eigenvalue weighted by molar-refractivity contribution is -0.131. The molecule has 3 heteroatoms. The van der Waals surface area contributed by atoms with Crippen LogP contribution in [-0.2, 0) is 9.22 Å². The molecule has 0 aromatic heterocycles. The fourth-order valence-corrected chi connectivity index (χ4v) is 4.95. The van der Waals surface area contributed by atoms with Crippen LogP contribution in [-0.4, -0.2) is 14.3 Å².